The zero-order valence-corrected chi connectivity index (χ0v) is 12.8. The van der Waals surface area contributed by atoms with Gasteiger partial charge in [0.15, 0.2) is 0 Å². The summed E-state index contributed by atoms with van der Waals surface area (Å²) >= 11 is 0. The zero-order valence-electron chi connectivity index (χ0n) is 12.8. The van der Waals surface area contributed by atoms with Crippen molar-refractivity contribution in [2.24, 2.45) is 5.73 Å². The first-order chi connectivity index (χ1) is 9.67. The summed E-state index contributed by atoms with van der Waals surface area (Å²) in [5.41, 5.74) is 8.15. The average molecular weight is 278 g/mol. The lowest BCUT2D eigenvalue weighted by molar-refractivity contribution is -0.0592. The van der Waals surface area contributed by atoms with E-state index in [2.05, 4.69) is 30.9 Å². The first-order valence-electron chi connectivity index (χ1n) is 7.39. The highest BCUT2D eigenvalue weighted by atomic mass is 16.5. The van der Waals surface area contributed by atoms with Crippen LogP contribution in [0.1, 0.15) is 31.4 Å². The highest BCUT2D eigenvalue weighted by molar-refractivity contribution is 5.37. The van der Waals surface area contributed by atoms with Crippen LogP contribution in [-0.2, 0) is 17.8 Å². The molecule has 2 rings (SSSR count). The maximum atomic E-state index is 5.79. The molecule has 0 bridgehead atoms. The maximum Gasteiger partial charge on any atom is 0.123 e. The fourth-order valence-electron chi connectivity index (χ4n) is 2.81. The highest BCUT2D eigenvalue weighted by Crippen LogP contribution is 2.22. The van der Waals surface area contributed by atoms with E-state index in [4.69, 9.17) is 15.2 Å². The minimum Gasteiger partial charge on any atom is -0.496 e. The molecule has 112 valence electrons. The van der Waals surface area contributed by atoms with Crippen LogP contribution in [0.15, 0.2) is 18.2 Å². The van der Waals surface area contributed by atoms with Gasteiger partial charge in [-0.05, 0) is 31.0 Å². The van der Waals surface area contributed by atoms with Gasteiger partial charge in [0.25, 0.3) is 0 Å². The van der Waals surface area contributed by atoms with Gasteiger partial charge in [0.1, 0.15) is 5.75 Å². The third kappa shape index (κ3) is 3.51. The van der Waals surface area contributed by atoms with Crippen molar-refractivity contribution in [1.29, 1.82) is 0 Å². The molecule has 1 aromatic carbocycles. The molecule has 0 aliphatic carbocycles. The summed E-state index contributed by atoms with van der Waals surface area (Å²) in [4.78, 5) is 2.51. The monoisotopic (exact) mass is 278 g/mol. The van der Waals surface area contributed by atoms with Gasteiger partial charge in [-0.15, -0.1) is 0 Å². The molecule has 4 heteroatoms. The van der Waals surface area contributed by atoms with Gasteiger partial charge in [0.05, 0.1) is 19.8 Å². The summed E-state index contributed by atoms with van der Waals surface area (Å²) < 4.78 is 11.1. The Balaban J connectivity index is 2.11. The SMILES string of the molecule is CCC1COC(C)CN1Cc1ccc(OC)c(CN)c1. The second-order valence-corrected chi connectivity index (χ2v) is 5.49. The van der Waals surface area contributed by atoms with Crippen LogP contribution in [-0.4, -0.2) is 37.3 Å². The van der Waals surface area contributed by atoms with Gasteiger partial charge in [0.2, 0.25) is 0 Å². The smallest absolute Gasteiger partial charge is 0.123 e. The predicted octanol–water partition coefficient (Wildman–Crippen LogP) is 2.15. The molecule has 2 atom stereocenters. The predicted molar refractivity (Wildman–Crippen MR) is 80.8 cm³/mol. The van der Waals surface area contributed by atoms with Gasteiger partial charge in [-0.1, -0.05) is 13.0 Å². The van der Waals surface area contributed by atoms with Gasteiger partial charge < -0.3 is 15.2 Å². The third-order valence-corrected chi connectivity index (χ3v) is 4.00. The van der Waals surface area contributed by atoms with Crippen molar-refractivity contribution in [3.05, 3.63) is 29.3 Å². The Morgan fingerprint density at radius 1 is 1.45 bits per heavy atom. The number of methoxy groups -OCH3 is 1. The number of nitrogens with zero attached hydrogens (tertiary/aromatic N) is 1. The topological polar surface area (TPSA) is 47.7 Å². The fraction of sp³-hybridized carbons (Fsp3) is 0.625. The molecule has 0 radical (unpaired) electrons. The molecular weight excluding hydrogens is 252 g/mol. The second-order valence-electron chi connectivity index (χ2n) is 5.49. The summed E-state index contributed by atoms with van der Waals surface area (Å²) in [5.74, 6) is 0.874. The van der Waals surface area contributed by atoms with E-state index < -0.39 is 0 Å². The lowest BCUT2D eigenvalue weighted by atomic mass is 10.1. The Morgan fingerprint density at radius 2 is 2.25 bits per heavy atom. The van der Waals surface area contributed by atoms with E-state index in [0.717, 1.165) is 37.4 Å². The molecule has 0 saturated carbocycles. The van der Waals surface area contributed by atoms with Crippen molar-refractivity contribution in [3.63, 3.8) is 0 Å². The molecule has 0 spiro atoms. The molecule has 0 aromatic heterocycles. The van der Waals surface area contributed by atoms with Gasteiger partial charge >= 0.3 is 0 Å². The van der Waals surface area contributed by atoms with E-state index >= 15 is 0 Å². The molecule has 1 aliphatic heterocycles. The molecular formula is C16H26N2O2. The summed E-state index contributed by atoms with van der Waals surface area (Å²) in [7, 11) is 1.69. The molecule has 0 amide bonds. The van der Waals surface area contributed by atoms with Crippen LogP contribution in [0.3, 0.4) is 0 Å². The van der Waals surface area contributed by atoms with Crippen LogP contribution in [0.4, 0.5) is 0 Å². The van der Waals surface area contributed by atoms with Gasteiger partial charge in [-0.2, -0.15) is 0 Å². The van der Waals surface area contributed by atoms with Crippen LogP contribution >= 0.6 is 0 Å². The van der Waals surface area contributed by atoms with E-state index in [1.165, 1.54) is 5.56 Å². The molecule has 1 heterocycles. The van der Waals surface area contributed by atoms with Crippen molar-refractivity contribution in [2.45, 2.75) is 45.5 Å². The molecule has 4 nitrogen and oxygen atoms in total. The Labute approximate surface area is 121 Å². The van der Waals surface area contributed by atoms with Crippen LogP contribution in [0.2, 0.25) is 0 Å². The molecule has 2 unspecified atom stereocenters. The molecule has 1 aromatic rings. The van der Waals surface area contributed by atoms with Crippen LogP contribution in [0.25, 0.3) is 0 Å². The quantitative estimate of drug-likeness (QED) is 0.896. The van der Waals surface area contributed by atoms with E-state index in [1.807, 2.05) is 6.07 Å². The second kappa shape index (κ2) is 7.07. The van der Waals surface area contributed by atoms with E-state index in [1.54, 1.807) is 7.11 Å². The van der Waals surface area contributed by atoms with Gasteiger partial charge in [-0.25, -0.2) is 0 Å². The Bertz CT molecular complexity index is 436. The minimum absolute atomic E-state index is 0.310. The van der Waals surface area contributed by atoms with Crippen LogP contribution in [0, 0.1) is 0 Å². The molecule has 2 N–H and O–H groups in total. The molecule has 1 aliphatic rings. The fourth-order valence-corrected chi connectivity index (χ4v) is 2.81. The number of rotatable bonds is 5. The van der Waals surface area contributed by atoms with Gasteiger partial charge in [0, 0.05) is 31.2 Å². The van der Waals surface area contributed by atoms with Crippen molar-refractivity contribution in [3.8, 4) is 5.75 Å². The van der Waals surface area contributed by atoms with Crippen LogP contribution < -0.4 is 10.5 Å². The zero-order chi connectivity index (χ0) is 14.5. The summed E-state index contributed by atoms with van der Waals surface area (Å²) in [5, 5.41) is 0. The van der Waals surface area contributed by atoms with Crippen molar-refractivity contribution >= 4 is 0 Å². The van der Waals surface area contributed by atoms with E-state index in [0.29, 0.717) is 18.7 Å². The Hall–Kier alpha value is -1.10. The number of nitrogens with two attached hydrogens (primary N) is 1. The lowest BCUT2D eigenvalue weighted by Crippen LogP contribution is -2.47. The largest absolute Gasteiger partial charge is 0.496 e. The molecule has 1 fully saturated rings. The number of benzene rings is 1. The highest BCUT2D eigenvalue weighted by Gasteiger charge is 2.25. The minimum atomic E-state index is 0.310. The number of hydrogen-bond acceptors (Lipinski definition) is 4. The molecule has 1 saturated heterocycles. The van der Waals surface area contributed by atoms with Crippen molar-refractivity contribution in [2.75, 3.05) is 20.3 Å². The number of ether oxygens (including phenoxy) is 2. The number of morpholine rings is 1. The molecule has 20 heavy (non-hydrogen) atoms. The summed E-state index contributed by atoms with van der Waals surface area (Å²) in [6.45, 7) is 7.63. The first-order valence-corrected chi connectivity index (χ1v) is 7.39. The summed E-state index contributed by atoms with van der Waals surface area (Å²) in [6, 6.07) is 6.81. The average Bonchev–Trinajstić information content (AvgIpc) is 2.47. The van der Waals surface area contributed by atoms with E-state index in [-0.39, 0.29) is 0 Å². The van der Waals surface area contributed by atoms with Crippen molar-refractivity contribution < 1.29 is 9.47 Å². The van der Waals surface area contributed by atoms with Crippen LogP contribution in [0.5, 0.6) is 5.75 Å². The van der Waals surface area contributed by atoms with Crippen molar-refractivity contribution in [1.82, 2.24) is 4.90 Å². The Kier molecular flexibility index (Phi) is 5.40. The Morgan fingerprint density at radius 3 is 2.90 bits per heavy atom. The summed E-state index contributed by atoms with van der Waals surface area (Å²) in [6.07, 6.45) is 1.43. The normalized spacial score (nSPS) is 23.8. The lowest BCUT2D eigenvalue weighted by Gasteiger charge is -2.38. The number of hydrogen-bond donors (Lipinski definition) is 1. The van der Waals surface area contributed by atoms with E-state index in [9.17, 15) is 0 Å². The maximum absolute atomic E-state index is 5.79. The third-order valence-electron chi connectivity index (χ3n) is 4.00. The standard InChI is InChI=1S/C16H26N2O2/c1-4-15-11-20-12(2)9-18(15)10-13-5-6-16(19-3)14(7-13)8-17/h5-7,12,15H,4,8-11,17H2,1-3H3. The first kappa shape index (κ1) is 15.3. The van der Waals surface area contributed by atoms with Gasteiger partial charge in [-0.3, -0.25) is 4.90 Å².